The van der Waals surface area contributed by atoms with Crippen molar-refractivity contribution in [2.75, 3.05) is 5.32 Å². The Morgan fingerprint density at radius 2 is 1.85 bits per heavy atom. The molecule has 7 nitrogen and oxygen atoms in total. The first kappa shape index (κ1) is 18.9. The lowest BCUT2D eigenvalue weighted by Gasteiger charge is -2.14. The molecule has 3 amide bonds. The fourth-order valence-corrected chi connectivity index (χ4v) is 2.08. The smallest absolute Gasteiger partial charge is 0.338 e. The summed E-state index contributed by atoms with van der Waals surface area (Å²) in [6, 6.07) is 10.9. The molecule has 0 aliphatic heterocycles. The topological polar surface area (TPSA) is 111 Å². The number of benzene rings is 2. The number of esters is 1. The van der Waals surface area contributed by atoms with E-state index in [0.29, 0.717) is 11.3 Å². The van der Waals surface area contributed by atoms with E-state index in [2.05, 4.69) is 10.6 Å². The molecule has 2 rings (SSSR count). The van der Waals surface area contributed by atoms with Crippen LogP contribution in [-0.4, -0.2) is 24.0 Å². The zero-order chi connectivity index (χ0) is 19.1. The summed E-state index contributed by atoms with van der Waals surface area (Å²) in [4.78, 5) is 35.0. The largest absolute Gasteiger partial charge is 0.449 e. The maximum absolute atomic E-state index is 12.8. The predicted octanol–water partition coefficient (Wildman–Crippen LogP) is 2.18. The SMILES string of the molecule is CC(OC(=O)c1cccc(NC(N)=O)c1)C(=O)NCc1ccc(F)cc1. The van der Waals surface area contributed by atoms with Crippen molar-refractivity contribution in [3.05, 3.63) is 65.5 Å². The fraction of sp³-hybridized carbons (Fsp3) is 0.167. The van der Waals surface area contributed by atoms with Gasteiger partial charge in [-0.2, -0.15) is 0 Å². The van der Waals surface area contributed by atoms with Crippen molar-refractivity contribution in [3.63, 3.8) is 0 Å². The highest BCUT2D eigenvalue weighted by molar-refractivity contribution is 5.94. The molecule has 136 valence electrons. The molecule has 4 N–H and O–H groups in total. The lowest BCUT2D eigenvalue weighted by Crippen LogP contribution is -2.35. The Morgan fingerprint density at radius 3 is 2.50 bits per heavy atom. The lowest BCUT2D eigenvalue weighted by molar-refractivity contribution is -0.129. The molecule has 1 unspecified atom stereocenters. The van der Waals surface area contributed by atoms with E-state index in [1.807, 2.05) is 0 Å². The molecule has 0 bridgehead atoms. The zero-order valence-corrected chi connectivity index (χ0v) is 14.0. The first-order valence-corrected chi connectivity index (χ1v) is 7.75. The van der Waals surface area contributed by atoms with E-state index < -0.39 is 24.0 Å². The standard InChI is InChI=1S/C18H18FN3O4/c1-11(16(23)21-10-12-5-7-14(19)8-6-12)26-17(24)13-3-2-4-15(9-13)22-18(20)25/h2-9,11H,10H2,1H3,(H,21,23)(H3,20,22,25). The first-order valence-electron chi connectivity index (χ1n) is 7.75. The van der Waals surface area contributed by atoms with E-state index in [1.54, 1.807) is 24.3 Å². The molecule has 26 heavy (non-hydrogen) atoms. The summed E-state index contributed by atoms with van der Waals surface area (Å²) in [5.74, 6) is -1.58. The van der Waals surface area contributed by atoms with Crippen molar-refractivity contribution in [3.8, 4) is 0 Å². The molecule has 8 heteroatoms. The number of halogens is 1. The third-order valence-electron chi connectivity index (χ3n) is 3.40. The molecule has 0 saturated carbocycles. The van der Waals surface area contributed by atoms with E-state index in [-0.39, 0.29) is 17.9 Å². The lowest BCUT2D eigenvalue weighted by atomic mass is 10.2. The number of primary amides is 1. The molecule has 0 saturated heterocycles. The van der Waals surface area contributed by atoms with Gasteiger partial charge in [0.1, 0.15) is 5.82 Å². The van der Waals surface area contributed by atoms with E-state index in [4.69, 9.17) is 10.5 Å². The summed E-state index contributed by atoms with van der Waals surface area (Å²) < 4.78 is 18.0. The second-order valence-electron chi connectivity index (χ2n) is 5.46. The number of amides is 3. The van der Waals surface area contributed by atoms with Gasteiger partial charge in [-0.05, 0) is 42.8 Å². The number of hydrogen-bond donors (Lipinski definition) is 3. The minimum Gasteiger partial charge on any atom is -0.449 e. The molecule has 0 heterocycles. The van der Waals surface area contributed by atoms with Crippen LogP contribution in [0.2, 0.25) is 0 Å². The van der Waals surface area contributed by atoms with Gasteiger partial charge in [0, 0.05) is 12.2 Å². The second-order valence-corrected chi connectivity index (χ2v) is 5.46. The maximum Gasteiger partial charge on any atom is 0.338 e. The minimum absolute atomic E-state index is 0.162. The Labute approximate surface area is 149 Å². The van der Waals surface area contributed by atoms with Gasteiger partial charge in [-0.1, -0.05) is 18.2 Å². The molecule has 0 fully saturated rings. The van der Waals surface area contributed by atoms with E-state index in [0.717, 1.165) is 0 Å². The van der Waals surface area contributed by atoms with Gasteiger partial charge in [0.2, 0.25) is 0 Å². The molecule has 0 aliphatic rings. The number of nitrogens with two attached hydrogens (primary N) is 1. The first-order chi connectivity index (χ1) is 12.3. The van der Waals surface area contributed by atoms with Crippen LogP contribution in [-0.2, 0) is 16.1 Å². The van der Waals surface area contributed by atoms with Crippen molar-refractivity contribution in [1.29, 1.82) is 0 Å². The molecule has 0 spiro atoms. The summed E-state index contributed by atoms with van der Waals surface area (Å²) in [6.45, 7) is 1.61. The predicted molar refractivity (Wildman–Crippen MR) is 92.8 cm³/mol. The normalized spacial score (nSPS) is 11.3. The average molecular weight is 359 g/mol. The molecule has 2 aromatic carbocycles. The van der Waals surface area contributed by atoms with Gasteiger partial charge in [0.15, 0.2) is 6.10 Å². The van der Waals surface area contributed by atoms with Crippen molar-refractivity contribution in [2.45, 2.75) is 19.6 Å². The number of urea groups is 1. The maximum atomic E-state index is 12.8. The van der Waals surface area contributed by atoms with Crippen LogP contribution in [0.25, 0.3) is 0 Å². The fourth-order valence-electron chi connectivity index (χ4n) is 2.08. The Hall–Kier alpha value is -3.42. The van der Waals surface area contributed by atoms with Crippen LogP contribution in [0.5, 0.6) is 0 Å². The van der Waals surface area contributed by atoms with Crippen molar-refractivity contribution in [2.24, 2.45) is 5.73 Å². The van der Waals surface area contributed by atoms with Crippen LogP contribution in [0.4, 0.5) is 14.9 Å². The summed E-state index contributed by atoms with van der Waals surface area (Å²) in [7, 11) is 0. The number of anilines is 1. The number of hydrogen-bond acceptors (Lipinski definition) is 4. The van der Waals surface area contributed by atoms with Gasteiger partial charge < -0.3 is 21.1 Å². The third-order valence-corrected chi connectivity index (χ3v) is 3.40. The Morgan fingerprint density at radius 1 is 1.15 bits per heavy atom. The summed E-state index contributed by atoms with van der Waals surface area (Å²) >= 11 is 0. The molecular weight excluding hydrogens is 341 g/mol. The summed E-state index contributed by atoms with van der Waals surface area (Å²) in [5.41, 5.74) is 6.23. The Balaban J connectivity index is 1.90. The summed E-state index contributed by atoms with van der Waals surface area (Å²) in [6.07, 6.45) is -1.03. The highest BCUT2D eigenvalue weighted by Gasteiger charge is 2.19. The van der Waals surface area contributed by atoms with Gasteiger partial charge in [-0.15, -0.1) is 0 Å². The number of nitrogens with one attached hydrogen (secondary N) is 2. The van der Waals surface area contributed by atoms with Crippen molar-refractivity contribution >= 4 is 23.6 Å². The quantitative estimate of drug-likeness (QED) is 0.687. The van der Waals surface area contributed by atoms with Crippen molar-refractivity contribution < 1.29 is 23.5 Å². The number of carbonyl (C=O) groups excluding carboxylic acids is 3. The van der Waals surface area contributed by atoms with Crippen molar-refractivity contribution in [1.82, 2.24) is 5.32 Å². The molecule has 1 atom stereocenters. The van der Waals surface area contributed by atoms with E-state index in [1.165, 1.54) is 31.2 Å². The van der Waals surface area contributed by atoms with Gasteiger partial charge in [0.05, 0.1) is 5.56 Å². The second kappa shape index (κ2) is 8.61. The molecule has 0 aromatic heterocycles. The highest BCUT2D eigenvalue weighted by Crippen LogP contribution is 2.12. The Kier molecular flexibility index (Phi) is 6.26. The molecular formula is C18H18FN3O4. The van der Waals surface area contributed by atoms with Crippen LogP contribution in [0.1, 0.15) is 22.8 Å². The highest BCUT2D eigenvalue weighted by atomic mass is 19.1. The number of rotatable bonds is 6. The van der Waals surface area contributed by atoms with Gasteiger partial charge in [0.25, 0.3) is 5.91 Å². The van der Waals surface area contributed by atoms with Gasteiger partial charge in [-0.25, -0.2) is 14.0 Å². The number of ether oxygens (including phenoxy) is 1. The monoisotopic (exact) mass is 359 g/mol. The van der Waals surface area contributed by atoms with Crippen LogP contribution >= 0.6 is 0 Å². The van der Waals surface area contributed by atoms with Crippen LogP contribution in [0.3, 0.4) is 0 Å². The van der Waals surface area contributed by atoms with Crippen LogP contribution < -0.4 is 16.4 Å². The minimum atomic E-state index is -1.03. The third kappa shape index (κ3) is 5.59. The zero-order valence-electron chi connectivity index (χ0n) is 14.0. The summed E-state index contributed by atoms with van der Waals surface area (Å²) in [5, 5.41) is 4.94. The number of carbonyl (C=O) groups is 3. The van der Waals surface area contributed by atoms with Crippen LogP contribution in [0.15, 0.2) is 48.5 Å². The average Bonchev–Trinajstić information content (AvgIpc) is 2.60. The van der Waals surface area contributed by atoms with Gasteiger partial charge in [-0.3, -0.25) is 4.79 Å². The van der Waals surface area contributed by atoms with E-state index in [9.17, 15) is 18.8 Å². The Bertz CT molecular complexity index is 808. The van der Waals surface area contributed by atoms with E-state index >= 15 is 0 Å². The molecule has 0 aliphatic carbocycles. The van der Waals surface area contributed by atoms with Crippen LogP contribution in [0, 0.1) is 5.82 Å². The molecule has 0 radical (unpaired) electrons. The van der Waals surface area contributed by atoms with Gasteiger partial charge >= 0.3 is 12.0 Å². The molecule has 2 aromatic rings.